The summed E-state index contributed by atoms with van der Waals surface area (Å²) in [5.74, 6) is 2.24. The molecule has 4 N–H and O–H groups in total. The van der Waals surface area contributed by atoms with Crippen molar-refractivity contribution in [3.63, 3.8) is 0 Å². The van der Waals surface area contributed by atoms with E-state index in [1.54, 1.807) is 19.2 Å². The summed E-state index contributed by atoms with van der Waals surface area (Å²) in [6, 6.07) is 17.9. The molecule has 0 unspecified atom stereocenters. The number of amides is 3. The van der Waals surface area contributed by atoms with Crippen LogP contribution >= 0.6 is 0 Å². The first kappa shape index (κ1) is 20.0. The number of hydrogen-bond donors (Lipinski definition) is 3. The maximum Gasteiger partial charge on any atom is 0.316 e. The number of urea groups is 1. The lowest BCUT2D eigenvalue weighted by Crippen LogP contribution is -2.23. The molecule has 1 aromatic heterocycles. The maximum atomic E-state index is 12.1. The highest BCUT2D eigenvalue weighted by Gasteiger charge is 2.08. The molecule has 3 rings (SSSR count). The number of furan rings is 1. The Hall–Kier alpha value is -3.74. The van der Waals surface area contributed by atoms with Crippen molar-refractivity contribution in [2.24, 2.45) is 5.73 Å². The number of hydrogen-bond acceptors (Lipinski definition) is 4. The molecule has 7 heteroatoms. The summed E-state index contributed by atoms with van der Waals surface area (Å²) in [5, 5.41) is 5.36. The number of anilines is 1. The standard InChI is InChI=1S/C22H23N3O4/c1-28-18-8-4-16(5-9-18)20-12-10-19(29-20)11-13-21(26)24-14-15-2-6-17(7-3-15)25-22(23)27/h2-10,12H,11,13-14H2,1H3,(H,24,26)(H3,23,25,27). The number of primary amides is 1. The van der Waals surface area contributed by atoms with Gasteiger partial charge in [-0.05, 0) is 54.1 Å². The van der Waals surface area contributed by atoms with E-state index in [2.05, 4.69) is 10.6 Å². The van der Waals surface area contributed by atoms with Crippen molar-refractivity contribution in [3.05, 3.63) is 72.0 Å². The van der Waals surface area contributed by atoms with Gasteiger partial charge in [-0.1, -0.05) is 12.1 Å². The van der Waals surface area contributed by atoms with Crippen LogP contribution < -0.4 is 21.1 Å². The molecule has 0 fully saturated rings. The Morgan fingerprint density at radius 1 is 1.00 bits per heavy atom. The number of carbonyl (C=O) groups is 2. The molecule has 7 nitrogen and oxygen atoms in total. The third-order valence-electron chi connectivity index (χ3n) is 4.35. The van der Waals surface area contributed by atoms with Crippen LogP contribution in [0.1, 0.15) is 17.7 Å². The minimum absolute atomic E-state index is 0.0632. The van der Waals surface area contributed by atoms with E-state index in [-0.39, 0.29) is 5.91 Å². The van der Waals surface area contributed by atoms with Gasteiger partial charge in [0.25, 0.3) is 0 Å². The van der Waals surface area contributed by atoms with Crippen LogP contribution in [0.15, 0.2) is 65.1 Å². The summed E-state index contributed by atoms with van der Waals surface area (Å²) in [4.78, 5) is 22.9. The molecule has 3 amide bonds. The molecule has 0 aliphatic carbocycles. The molecule has 0 bridgehead atoms. The normalized spacial score (nSPS) is 10.4. The molecule has 2 aromatic carbocycles. The lowest BCUT2D eigenvalue weighted by molar-refractivity contribution is -0.121. The van der Waals surface area contributed by atoms with Gasteiger partial charge in [-0.25, -0.2) is 4.79 Å². The highest BCUT2D eigenvalue weighted by molar-refractivity contribution is 5.87. The SMILES string of the molecule is COc1ccc(-c2ccc(CCC(=O)NCc3ccc(NC(N)=O)cc3)o2)cc1. The second-order valence-corrected chi connectivity index (χ2v) is 6.46. The van der Waals surface area contributed by atoms with Crippen LogP contribution in [0.2, 0.25) is 0 Å². The second kappa shape index (κ2) is 9.45. The lowest BCUT2D eigenvalue weighted by Gasteiger charge is -2.06. The smallest absolute Gasteiger partial charge is 0.316 e. The molecule has 0 aliphatic heterocycles. The molecule has 150 valence electrons. The van der Waals surface area contributed by atoms with E-state index in [4.69, 9.17) is 14.9 Å². The fourth-order valence-corrected chi connectivity index (χ4v) is 2.80. The van der Waals surface area contributed by atoms with Crippen molar-refractivity contribution in [1.82, 2.24) is 5.32 Å². The van der Waals surface area contributed by atoms with E-state index in [1.165, 1.54) is 0 Å². The van der Waals surface area contributed by atoms with Gasteiger partial charge in [0, 0.05) is 30.6 Å². The summed E-state index contributed by atoms with van der Waals surface area (Å²) in [7, 11) is 1.63. The summed E-state index contributed by atoms with van der Waals surface area (Å²) >= 11 is 0. The number of methoxy groups -OCH3 is 1. The zero-order chi connectivity index (χ0) is 20.6. The molecule has 0 radical (unpaired) electrons. The number of ether oxygens (including phenoxy) is 1. The number of nitrogens with two attached hydrogens (primary N) is 1. The molecule has 1 heterocycles. The van der Waals surface area contributed by atoms with Gasteiger partial charge in [-0.2, -0.15) is 0 Å². The van der Waals surface area contributed by atoms with Crippen molar-refractivity contribution < 1.29 is 18.7 Å². The first-order valence-electron chi connectivity index (χ1n) is 9.19. The number of nitrogens with one attached hydrogen (secondary N) is 2. The fraction of sp³-hybridized carbons (Fsp3) is 0.182. The topological polar surface area (TPSA) is 107 Å². The molecular weight excluding hydrogens is 370 g/mol. The van der Waals surface area contributed by atoms with E-state index in [9.17, 15) is 9.59 Å². The van der Waals surface area contributed by atoms with E-state index in [1.807, 2.05) is 48.5 Å². The minimum Gasteiger partial charge on any atom is -0.497 e. The zero-order valence-electron chi connectivity index (χ0n) is 16.1. The molecule has 0 atom stereocenters. The minimum atomic E-state index is -0.612. The Morgan fingerprint density at radius 2 is 1.72 bits per heavy atom. The third kappa shape index (κ3) is 5.87. The number of aryl methyl sites for hydroxylation is 1. The Bertz CT molecular complexity index is 962. The van der Waals surface area contributed by atoms with Gasteiger partial charge in [0.15, 0.2) is 0 Å². The van der Waals surface area contributed by atoms with E-state index >= 15 is 0 Å². The van der Waals surface area contributed by atoms with Gasteiger partial charge in [-0.3, -0.25) is 4.79 Å². The predicted octanol–water partition coefficient (Wildman–Crippen LogP) is 3.69. The summed E-state index contributed by atoms with van der Waals surface area (Å²) in [6.07, 6.45) is 0.848. The molecule has 3 aromatic rings. The van der Waals surface area contributed by atoms with Crippen LogP contribution in [0, 0.1) is 0 Å². The number of carbonyl (C=O) groups excluding carboxylic acids is 2. The van der Waals surface area contributed by atoms with Crippen LogP contribution in [-0.2, 0) is 17.8 Å². The molecule has 29 heavy (non-hydrogen) atoms. The van der Waals surface area contributed by atoms with E-state index < -0.39 is 6.03 Å². The molecule has 0 saturated heterocycles. The lowest BCUT2D eigenvalue weighted by atomic mass is 10.2. The van der Waals surface area contributed by atoms with Gasteiger partial charge < -0.3 is 25.5 Å². The Labute approximate surface area is 168 Å². The highest BCUT2D eigenvalue weighted by atomic mass is 16.5. The van der Waals surface area contributed by atoms with Crippen LogP contribution in [0.3, 0.4) is 0 Å². The van der Waals surface area contributed by atoms with Crippen LogP contribution in [0.5, 0.6) is 5.75 Å². The van der Waals surface area contributed by atoms with Crippen molar-refractivity contribution >= 4 is 17.6 Å². The van der Waals surface area contributed by atoms with Gasteiger partial charge in [0.05, 0.1) is 7.11 Å². The summed E-state index contributed by atoms with van der Waals surface area (Å²) in [5.41, 5.74) is 7.56. The highest BCUT2D eigenvalue weighted by Crippen LogP contribution is 2.25. The van der Waals surface area contributed by atoms with E-state index in [0.29, 0.717) is 25.1 Å². The quantitative estimate of drug-likeness (QED) is 0.542. The Balaban J connectivity index is 1.45. The molecular formula is C22H23N3O4. The van der Waals surface area contributed by atoms with Crippen molar-refractivity contribution in [1.29, 1.82) is 0 Å². The Morgan fingerprint density at radius 3 is 2.38 bits per heavy atom. The number of benzene rings is 2. The first-order valence-corrected chi connectivity index (χ1v) is 9.19. The monoisotopic (exact) mass is 393 g/mol. The predicted molar refractivity (Wildman–Crippen MR) is 111 cm³/mol. The fourth-order valence-electron chi connectivity index (χ4n) is 2.80. The van der Waals surface area contributed by atoms with Crippen molar-refractivity contribution in [2.75, 3.05) is 12.4 Å². The molecule has 0 aliphatic rings. The summed E-state index contributed by atoms with van der Waals surface area (Å²) in [6.45, 7) is 0.408. The molecule has 0 saturated carbocycles. The largest absolute Gasteiger partial charge is 0.497 e. The zero-order valence-corrected chi connectivity index (χ0v) is 16.1. The van der Waals surface area contributed by atoms with Crippen LogP contribution in [0.25, 0.3) is 11.3 Å². The van der Waals surface area contributed by atoms with Gasteiger partial charge >= 0.3 is 6.03 Å². The van der Waals surface area contributed by atoms with Gasteiger partial charge in [0.2, 0.25) is 5.91 Å². The summed E-state index contributed by atoms with van der Waals surface area (Å²) < 4.78 is 11.0. The first-order chi connectivity index (χ1) is 14.0. The Kier molecular flexibility index (Phi) is 6.52. The maximum absolute atomic E-state index is 12.1. The average molecular weight is 393 g/mol. The van der Waals surface area contributed by atoms with Crippen LogP contribution in [0.4, 0.5) is 10.5 Å². The third-order valence-corrected chi connectivity index (χ3v) is 4.35. The van der Waals surface area contributed by atoms with Gasteiger partial charge in [-0.15, -0.1) is 0 Å². The van der Waals surface area contributed by atoms with Gasteiger partial charge in [0.1, 0.15) is 17.3 Å². The number of rotatable bonds is 8. The second-order valence-electron chi connectivity index (χ2n) is 6.46. The van der Waals surface area contributed by atoms with E-state index in [0.717, 1.165) is 28.4 Å². The van der Waals surface area contributed by atoms with Crippen LogP contribution in [-0.4, -0.2) is 19.0 Å². The molecule has 0 spiro atoms. The van der Waals surface area contributed by atoms with Crippen molar-refractivity contribution in [2.45, 2.75) is 19.4 Å². The average Bonchev–Trinajstić information content (AvgIpc) is 3.20. The van der Waals surface area contributed by atoms with Crippen molar-refractivity contribution in [3.8, 4) is 17.1 Å².